The van der Waals surface area contributed by atoms with Crippen LogP contribution in [0.1, 0.15) is 10.6 Å². The summed E-state index contributed by atoms with van der Waals surface area (Å²) in [6, 6.07) is 8.99. The van der Waals surface area contributed by atoms with Crippen LogP contribution in [0.2, 0.25) is 0 Å². The average molecular weight is 395 g/mol. The summed E-state index contributed by atoms with van der Waals surface area (Å²) in [4.78, 5) is 37.5. The molecule has 1 aliphatic rings. The molecule has 1 saturated heterocycles. The minimum atomic E-state index is -0.348. The molecule has 150 valence electrons. The third-order valence-corrected chi connectivity index (χ3v) is 4.73. The second-order valence-electron chi connectivity index (χ2n) is 6.61. The summed E-state index contributed by atoms with van der Waals surface area (Å²) in [6.45, 7) is 2.12. The minimum absolute atomic E-state index is 0.108. The summed E-state index contributed by atoms with van der Waals surface area (Å²) in [5.74, 6) is 0.164. The number of anilines is 2. The first-order valence-electron chi connectivity index (χ1n) is 9.29. The summed E-state index contributed by atoms with van der Waals surface area (Å²) in [5.41, 5.74) is 0.918. The Labute approximate surface area is 167 Å². The van der Waals surface area contributed by atoms with Crippen molar-refractivity contribution < 1.29 is 18.7 Å². The van der Waals surface area contributed by atoms with Crippen molar-refractivity contribution in [3.05, 3.63) is 48.5 Å². The number of ether oxygens (including phenoxy) is 1. The van der Waals surface area contributed by atoms with Crippen molar-refractivity contribution in [2.45, 2.75) is 0 Å². The van der Waals surface area contributed by atoms with Crippen LogP contribution in [0.15, 0.2) is 47.1 Å². The lowest BCUT2D eigenvalue weighted by molar-refractivity contribution is -0.119. The zero-order valence-corrected chi connectivity index (χ0v) is 16.0. The van der Waals surface area contributed by atoms with Gasteiger partial charge in [-0.2, -0.15) is 0 Å². The van der Waals surface area contributed by atoms with Crippen LogP contribution in [0, 0.1) is 0 Å². The summed E-state index contributed by atoms with van der Waals surface area (Å²) in [7, 11) is 1.44. The maximum atomic E-state index is 13.2. The smallest absolute Gasteiger partial charge is 0.291 e. The van der Waals surface area contributed by atoms with Gasteiger partial charge in [0.2, 0.25) is 17.6 Å². The number of methoxy groups -OCH3 is 1. The number of para-hydroxylation sites is 1. The van der Waals surface area contributed by atoms with Crippen LogP contribution in [0.4, 0.5) is 11.6 Å². The zero-order valence-electron chi connectivity index (χ0n) is 16.0. The lowest BCUT2D eigenvalue weighted by Crippen LogP contribution is -2.49. The predicted molar refractivity (Wildman–Crippen MR) is 107 cm³/mol. The molecule has 4 rings (SSSR count). The van der Waals surface area contributed by atoms with Gasteiger partial charge in [-0.25, -0.2) is 9.97 Å². The molecule has 1 aromatic carbocycles. The number of carbonyl (C=O) groups excluding carboxylic acids is 2. The zero-order chi connectivity index (χ0) is 20.2. The highest BCUT2D eigenvalue weighted by molar-refractivity contribution is 6.11. The molecular formula is C20H21N5O4. The van der Waals surface area contributed by atoms with Gasteiger partial charge in [0.25, 0.3) is 5.91 Å². The molecule has 1 fully saturated rings. The number of furan rings is 1. The number of hydrogen-bond acceptors (Lipinski definition) is 7. The average Bonchev–Trinajstić information content (AvgIpc) is 3.12. The second-order valence-corrected chi connectivity index (χ2v) is 6.61. The van der Waals surface area contributed by atoms with Crippen LogP contribution in [-0.2, 0) is 9.53 Å². The van der Waals surface area contributed by atoms with Crippen LogP contribution in [0.5, 0.6) is 0 Å². The van der Waals surface area contributed by atoms with Gasteiger partial charge in [0.05, 0.1) is 0 Å². The number of nitrogens with zero attached hydrogens (tertiary/aromatic N) is 4. The van der Waals surface area contributed by atoms with Gasteiger partial charge in [-0.05, 0) is 18.2 Å². The van der Waals surface area contributed by atoms with Crippen molar-refractivity contribution in [1.82, 2.24) is 14.9 Å². The number of hydrogen-bond donors (Lipinski definition) is 1. The highest BCUT2D eigenvalue weighted by Gasteiger charge is 2.29. The lowest BCUT2D eigenvalue weighted by atomic mass is 10.2. The van der Waals surface area contributed by atoms with E-state index in [2.05, 4.69) is 15.3 Å². The number of aromatic nitrogens is 2. The van der Waals surface area contributed by atoms with E-state index in [9.17, 15) is 9.59 Å². The minimum Gasteiger partial charge on any atom is -0.449 e. The maximum absolute atomic E-state index is 13.2. The predicted octanol–water partition coefficient (Wildman–Crippen LogP) is 1.77. The molecule has 0 spiro atoms. The van der Waals surface area contributed by atoms with E-state index >= 15 is 0 Å². The van der Waals surface area contributed by atoms with Crippen molar-refractivity contribution in [2.75, 3.05) is 50.1 Å². The number of piperazine rings is 1. The number of benzene rings is 1. The second kappa shape index (κ2) is 8.27. The van der Waals surface area contributed by atoms with Crippen molar-refractivity contribution in [2.24, 2.45) is 0 Å². The summed E-state index contributed by atoms with van der Waals surface area (Å²) in [5, 5.41) is 3.43. The van der Waals surface area contributed by atoms with Crippen LogP contribution >= 0.6 is 0 Å². The van der Waals surface area contributed by atoms with Crippen LogP contribution in [-0.4, -0.2) is 66.6 Å². The Morgan fingerprint density at radius 3 is 2.55 bits per heavy atom. The van der Waals surface area contributed by atoms with Gasteiger partial charge in [0.1, 0.15) is 17.9 Å². The highest BCUT2D eigenvalue weighted by Crippen LogP contribution is 2.32. The van der Waals surface area contributed by atoms with Crippen LogP contribution in [0.3, 0.4) is 0 Å². The number of rotatable bonds is 5. The Balaban J connectivity index is 1.55. The fourth-order valence-corrected chi connectivity index (χ4v) is 3.33. The van der Waals surface area contributed by atoms with E-state index < -0.39 is 0 Å². The van der Waals surface area contributed by atoms with Gasteiger partial charge in [0.15, 0.2) is 0 Å². The molecule has 0 aliphatic carbocycles. The number of fused-ring (bicyclic) bond motifs is 1. The topological polar surface area (TPSA) is 101 Å². The van der Waals surface area contributed by atoms with Gasteiger partial charge in [0, 0.05) is 51.1 Å². The monoisotopic (exact) mass is 395 g/mol. The van der Waals surface area contributed by atoms with E-state index in [0.29, 0.717) is 48.8 Å². The van der Waals surface area contributed by atoms with Crippen molar-refractivity contribution in [1.29, 1.82) is 0 Å². The Morgan fingerprint density at radius 2 is 1.83 bits per heavy atom. The third-order valence-electron chi connectivity index (χ3n) is 4.73. The summed E-state index contributed by atoms with van der Waals surface area (Å²) >= 11 is 0. The highest BCUT2D eigenvalue weighted by atomic mass is 16.5. The normalized spacial score (nSPS) is 14.2. The molecule has 29 heavy (non-hydrogen) atoms. The van der Waals surface area contributed by atoms with E-state index in [1.165, 1.54) is 7.11 Å². The molecule has 1 N–H and O–H groups in total. The fraction of sp³-hybridized carbons (Fsp3) is 0.300. The molecule has 9 heteroatoms. The molecule has 0 atom stereocenters. The molecule has 2 aromatic heterocycles. The van der Waals surface area contributed by atoms with Gasteiger partial charge in [-0.15, -0.1) is 0 Å². The Hall–Kier alpha value is -3.46. The molecule has 3 aromatic rings. The Morgan fingerprint density at radius 1 is 1.10 bits per heavy atom. The summed E-state index contributed by atoms with van der Waals surface area (Å²) in [6.07, 6.45) is 3.40. The molecule has 1 aliphatic heterocycles. The van der Waals surface area contributed by atoms with Crippen LogP contribution in [0.25, 0.3) is 11.0 Å². The number of carbonyl (C=O) groups is 2. The van der Waals surface area contributed by atoms with E-state index in [1.54, 1.807) is 29.4 Å². The Bertz CT molecular complexity index is 1010. The van der Waals surface area contributed by atoms with E-state index in [4.69, 9.17) is 9.15 Å². The third kappa shape index (κ3) is 3.90. The van der Waals surface area contributed by atoms with Gasteiger partial charge < -0.3 is 24.3 Å². The van der Waals surface area contributed by atoms with Crippen molar-refractivity contribution in [3.8, 4) is 0 Å². The largest absolute Gasteiger partial charge is 0.449 e. The van der Waals surface area contributed by atoms with Gasteiger partial charge in [-0.3, -0.25) is 9.59 Å². The molecule has 0 radical (unpaired) electrons. The van der Waals surface area contributed by atoms with Crippen molar-refractivity contribution in [3.63, 3.8) is 0 Å². The van der Waals surface area contributed by atoms with Gasteiger partial charge >= 0.3 is 0 Å². The standard InChI is InChI=1S/C20H21N5O4/c1-28-13-16(26)23-17-14-5-2-3-6-15(14)29-18(17)19(27)24-9-11-25(12-10-24)20-21-7-4-8-22-20/h2-8H,9-13H2,1H3,(H,23,26). The summed E-state index contributed by atoms with van der Waals surface area (Å²) < 4.78 is 10.7. The quantitative estimate of drug-likeness (QED) is 0.703. The first-order valence-corrected chi connectivity index (χ1v) is 9.29. The number of amides is 2. The first-order chi connectivity index (χ1) is 14.2. The number of nitrogens with one attached hydrogen (secondary N) is 1. The van der Waals surface area contributed by atoms with E-state index in [-0.39, 0.29) is 24.2 Å². The Kier molecular flexibility index (Phi) is 5.39. The first kappa shape index (κ1) is 18.9. The van der Waals surface area contributed by atoms with Gasteiger partial charge in [-0.1, -0.05) is 12.1 Å². The molecule has 0 unspecified atom stereocenters. The molecular weight excluding hydrogens is 374 g/mol. The maximum Gasteiger partial charge on any atom is 0.291 e. The lowest BCUT2D eigenvalue weighted by Gasteiger charge is -2.34. The molecule has 9 nitrogen and oxygen atoms in total. The SMILES string of the molecule is COCC(=O)Nc1c(C(=O)N2CCN(c3ncccn3)CC2)oc2ccccc12. The molecule has 3 heterocycles. The fourth-order valence-electron chi connectivity index (χ4n) is 3.33. The van der Waals surface area contributed by atoms with Crippen molar-refractivity contribution >= 4 is 34.4 Å². The molecule has 0 saturated carbocycles. The molecule has 2 amide bonds. The van der Waals surface area contributed by atoms with E-state index in [0.717, 1.165) is 0 Å². The van der Waals surface area contributed by atoms with Crippen LogP contribution < -0.4 is 10.2 Å². The molecule has 0 bridgehead atoms. The van der Waals surface area contributed by atoms with E-state index in [1.807, 2.05) is 23.1 Å².